The van der Waals surface area contributed by atoms with Crippen LogP contribution < -0.4 is 11.1 Å². The van der Waals surface area contributed by atoms with Crippen LogP contribution in [0.3, 0.4) is 0 Å². The molecule has 41 heavy (non-hydrogen) atoms. The van der Waals surface area contributed by atoms with Gasteiger partial charge in [-0.3, -0.25) is 4.90 Å². The third-order valence-electron chi connectivity index (χ3n) is 8.42. The lowest BCUT2D eigenvalue weighted by atomic mass is 9.90. The Balaban J connectivity index is 1.15. The van der Waals surface area contributed by atoms with Gasteiger partial charge in [0.25, 0.3) is 6.01 Å². The minimum absolute atomic E-state index is 0.175. The summed E-state index contributed by atoms with van der Waals surface area (Å²) in [6.07, 6.45) is 5.70. The smallest absolute Gasteiger partial charge is 0.300 e. The van der Waals surface area contributed by atoms with Gasteiger partial charge in [0.05, 0.1) is 17.1 Å². The molecule has 12 heteroatoms. The zero-order chi connectivity index (χ0) is 28.1. The largest absolute Gasteiger partial charge is 0.423 e. The summed E-state index contributed by atoms with van der Waals surface area (Å²) in [7, 11) is 2.19. The van der Waals surface area contributed by atoms with Crippen LogP contribution in [0.2, 0.25) is 5.02 Å². The minimum atomic E-state index is -0.478. The molecule has 2 fully saturated rings. The first-order chi connectivity index (χ1) is 19.9. The van der Waals surface area contributed by atoms with E-state index >= 15 is 4.39 Å². The van der Waals surface area contributed by atoms with Crippen LogP contribution in [-0.2, 0) is 0 Å². The van der Waals surface area contributed by atoms with E-state index in [9.17, 15) is 0 Å². The Kier molecular flexibility index (Phi) is 6.72. The van der Waals surface area contributed by atoms with E-state index in [2.05, 4.69) is 37.1 Å². The second-order valence-electron chi connectivity index (χ2n) is 11.0. The number of rotatable bonds is 5. The van der Waals surface area contributed by atoms with E-state index in [1.807, 2.05) is 4.68 Å². The van der Waals surface area contributed by atoms with Crippen LogP contribution in [-0.4, -0.2) is 73.8 Å². The van der Waals surface area contributed by atoms with Gasteiger partial charge in [-0.25, -0.2) is 19.0 Å². The number of hydrogen-bond donors (Lipinski definition) is 2. The van der Waals surface area contributed by atoms with Crippen LogP contribution in [0.25, 0.3) is 33.4 Å². The number of aromatic nitrogens is 5. The Labute approximate surface area is 241 Å². The number of nitrogens with one attached hydrogen (secondary N) is 1. The summed E-state index contributed by atoms with van der Waals surface area (Å²) in [5.41, 5.74) is 9.54. The maximum atomic E-state index is 15.4. The number of fused-ring (bicyclic) bond motifs is 2. The number of nitrogen functional groups attached to an aromatic ring is 1. The average Bonchev–Trinajstić information content (AvgIpc) is 3.56. The zero-order valence-corrected chi connectivity index (χ0v) is 23.5. The number of benzene rings is 2. The number of halogens is 2. The van der Waals surface area contributed by atoms with E-state index in [1.165, 1.54) is 12.4 Å². The normalized spacial score (nSPS) is 20.7. The van der Waals surface area contributed by atoms with Gasteiger partial charge in [-0.15, -0.1) is 0 Å². The third-order valence-corrected chi connectivity index (χ3v) is 8.65. The van der Waals surface area contributed by atoms with Crippen molar-refractivity contribution < 1.29 is 8.81 Å². The maximum absolute atomic E-state index is 15.4. The number of nitrogens with two attached hydrogens (primary N) is 1. The molecule has 2 aliphatic rings. The van der Waals surface area contributed by atoms with E-state index in [0.717, 1.165) is 51.9 Å². The molecule has 4 heterocycles. The number of oxazole rings is 1. The van der Waals surface area contributed by atoms with E-state index in [1.54, 1.807) is 30.3 Å². The number of likely N-dealkylation sites (N-methyl/N-ethyl adjacent to an activating group) is 1. The zero-order valence-electron chi connectivity index (χ0n) is 22.7. The fraction of sp³-hybridized carbons (Fsp3) is 0.379. The van der Waals surface area contributed by atoms with Crippen molar-refractivity contribution in [2.75, 3.05) is 44.3 Å². The second-order valence-corrected chi connectivity index (χ2v) is 11.4. The standard InChI is InChI=1S/C29H31ClFN9O/c1-38-10-12-39(13-11-38)19-4-6-20(7-5-19)40-28-25(27(32)33-16-34-28)26(37-40)17-2-8-22(21(31)14-17)35-29-36-23-15-18(30)3-9-24(23)41-29/h2-3,8-9,14-16,19-20H,4-7,10-13H2,1H3,(H,35,36)(H2,32,33,34). The minimum Gasteiger partial charge on any atom is -0.423 e. The van der Waals surface area contributed by atoms with Gasteiger partial charge < -0.3 is 20.4 Å². The molecule has 5 aromatic rings. The van der Waals surface area contributed by atoms with Gasteiger partial charge in [-0.1, -0.05) is 17.7 Å². The molecule has 0 unspecified atom stereocenters. The molecule has 0 atom stereocenters. The van der Waals surface area contributed by atoms with Gasteiger partial charge in [0.2, 0.25) is 0 Å². The number of nitrogens with zero attached hydrogens (tertiary/aromatic N) is 7. The van der Waals surface area contributed by atoms with Gasteiger partial charge in [0.1, 0.15) is 29.2 Å². The molecular weight excluding hydrogens is 545 g/mol. The van der Waals surface area contributed by atoms with Crippen LogP contribution in [0.4, 0.5) is 21.9 Å². The molecule has 0 bridgehead atoms. The molecule has 7 rings (SSSR count). The van der Waals surface area contributed by atoms with Crippen LogP contribution in [0.1, 0.15) is 31.7 Å². The van der Waals surface area contributed by atoms with Crippen molar-refractivity contribution in [1.82, 2.24) is 34.5 Å². The quantitative estimate of drug-likeness (QED) is 0.281. The van der Waals surface area contributed by atoms with Crippen molar-refractivity contribution in [3.05, 3.63) is 53.6 Å². The number of piperazine rings is 1. The van der Waals surface area contributed by atoms with Crippen LogP contribution in [0.5, 0.6) is 0 Å². The van der Waals surface area contributed by atoms with Crippen molar-refractivity contribution in [1.29, 1.82) is 0 Å². The fourth-order valence-corrected chi connectivity index (χ4v) is 6.31. The summed E-state index contributed by atoms with van der Waals surface area (Å²) in [6.45, 7) is 4.50. The molecule has 0 amide bonds. The predicted molar refractivity (Wildman–Crippen MR) is 158 cm³/mol. The lowest BCUT2D eigenvalue weighted by Gasteiger charge is -2.41. The highest BCUT2D eigenvalue weighted by molar-refractivity contribution is 6.31. The molecule has 1 aliphatic carbocycles. The Morgan fingerprint density at radius 3 is 2.56 bits per heavy atom. The summed E-state index contributed by atoms with van der Waals surface area (Å²) in [6, 6.07) is 11.0. The molecule has 0 spiro atoms. The van der Waals surface area contributed by atoms with Crippen molar-refractivity contribution >= 4 is 51.3 Å². The van der Waals surface area contributed by atoms with Crippen molar-refractivity contribution in [3.63, 3.8) is 0 Å². The first kappa shape index (κ1) is 26.1. The topological polar surface area (TPSA) is 114 Å². The fourth-order valence-electron chi connectivity index (χ4n) is 6.14. The predicted octanol–water partition coefficient (Wildman–Crippen LogP) is 5.48. The molecule has 2 aromatic carbocycles. The average molecular weight is 576 g/mol. The summed E-state index contributed by atoms with van der Waals surface area (Å²) in [5.74, 6) is -0.149. The molecule has 212 valence electrons. The maximum Gasteiger partial charge on any atom is 0.300 e. The molecule has 3 aromatic heterocycles. The Hall–Kier alpha value is -3.80. The second kappa shape index (κ2) is 10.6. The van der Waals surface area contributed by atoms with E-state index < -0.39 is 5.82 Å². The van der Waals surface area contributed by atoms with Gasteiger partial charge in [-0.05, 0) is 63.1 Å². The molecule has 1 saturated carbocycles. The van der Waals surface area contributed by atoms with Gasteiger partial charge >= 0.3 is 0 Å². The van der Waals surface area contributed by atoms with Crippen molar-refractivity contribution in [3.8, 4) is 11.3 Å². The Morgan fingerprint density at radius 2 is 1.78 bits per heavy atom. The summed E-state index contributed by atoms with van der Waals surface area (Å²) < 4.78 is 23.1. The Morgan fingerprint density at radius 1 is 1.00 bits per heavy atom. The van der Waals surface area contributed by atoms with E-state index in [4.69, 9.17) is 26.9 Å². The molecule has 0 radical (unpaired) electrons. The molecule has 10 nitrogen and oxygen atoms in total. The van der Waals surface area contributed by atoms with Crippen LogP contribution in [0, 0.1) is 5.82 Å². The third kappa shape index (κ3) is 4.98. The van der Waals surface area contributed by atoms with Crippen molar-refractivity contribution in [2.24, 2.45) is 0 Å². The summed E-state index contributed by atoms with van der Waals surface area (Å²) in [4.78, 5) is 18.2. The summed E-state index contributed by atoms with van der Waals surface area (Å²) in [5, 5.41) is 9.08. The SMILES string of the molecule is CN1CCN(C2CCC(n3nc(-c4ccc(Nc5nc6cc(Cl)ccc6o5)c(F)c4)c4c(N)ncnc43)CC2)CC1. The first-order valence-electron chi connectivity index (χ1n) is 14.0. The van der Waals surface area contributed by atoms with Gasteiger partial charge in [-0.2, -0.15) is 10.1 Å². The van der Waals surface area contributed by atoms with Crippen LogP contribution >= 0.6 is 11.6 Å². The lowest BCUT2D eigenvalue weighted by Crippen LogP contribution is -2.49. The number of anilines is 3. The molecule has 3 N–H and O–H groups in total. The highest BCUT2D eigenvalue weighted by Crippen LogP contribution is 2.38. The van der Waals surface area contributed by atoms with Gasteiger partial charge in [0.15, 0.2) is 11.2 Å². The van der Waals surface area contributed by atoms with Crippen LogP contribution in [0.15, 0.2) is 47.1 Å². The Bertz CT molecular complexity index is 1720. The summed E-state index contributed by atoms with van der Waals surface area (Å²) >= 11 is 6.04. The molecular formula is C29H31ClFN9O. The first-order valence-corrected chi connectivity index (χ1v) is 14.3. The lowest BCUT2D eigenvalue weighted by molar-refractivity contribution is 0.0815. The highest BCUT2D eigenvalue weighted by atomic mass is 35.5. The van der Waals surface area contributed by atoms with Crippen molar-refractivity contribution in [2.45, 2.75) is 37.8 Å². The molecule has 1 aliphatic heterocycles. The molecule has 1 saturated heterocycles. The van der Waals surface area contributed by atoms with E-state index in [-0.39, 0.29) is 17.7 Å². The monoisotopic (exact) mass is 575 g/mol. The highest BCUT2D eigenvalue weighted by Gasteiger charge is 2.30. The van der Waals surface area contributed by atoms with E-state index in [0.29, 0.717) is 50.3 Å². The number of hydrogen-bond acceptors (Lipinski definition) is 9. The van der Waals surface area contributed by atoms with Gasteiger partial charge in [0, 0.05) is 42.8 Å².